The van der Waals surface area contributed by atoms with Gasteiger partial charge in [-0.15, -0.1) is 0 Å². The summed E-state index contributed by atoms with van der Waals surface area (Å²) in [5, 5.41) is 0. The molecule has 2 unspecified atom stereocenters. The van der Waals surface area contributed by atoms with Crippen molar-refractivity contribution in [2.75, 3.05) is 0 Å². The maximum atomic E-state index is 12.1. The Labute approximate surface area is 154 Å². The van der Waals surface area contributed by atoms with Crippen molar-refractivity contribution >= 4 is 16.5 Å². The topological polar surface area (TPSA) is 40.9 Å². The van der Waals surface area contributed by atoms with E-state index in [0.717, 1.165) is 24.2 Å². The molecule has 0 amide bonds. The number of carbonyl (C=O) groups excluding carboxylic acids is 1. The first kappa shape index (κ1) is 18.3. The maximum Gasteiger partial charge on any atom is 0.157 e. The number of nitrogens with one attached hydrogen (secondary N) is 1. The van der Waals surface area contributed by atoms with Crippen LogP contribution in [0.1, 0.15) is 64.9 Å². The number of ketones is 1. The minimum atomic E-state index is -0.700. The van der Waals surface area contributed by atoms with Gasteiger partial charge >= 0.3 is 0 Å². The monoisotopic (exact) mass is 355 g/mol. The lowest BCUT2D eigenvalue weighted by atomic mass is 9.74. The van der Waals surface area contributed by atoms with Crippen LogP contribution < -0.4 is 0 Å². The minimum absolute atomic E-state index is 0.0168. The van der Waals surface area contributed by atoms with E-state index < -0.39 is 10.7 Å². The number of carbonyl (C=O) groups is 1. The second kappa shape index (κ2) is 6.68. The van der Waals surface area contributed by atoms with Gasteiger partial charge in [-0.25, -0.2) is 0 Å². The van der Waals surface area contributed by atoms with Crippen LogP contribution in [-0.2, 0) is 15.5 Å². The molecule has 0 aliphatic heterocycles. The standard InChI is InChI=1S/C22H29NOS/c1-21(2)12-17(16-8-6-5-7-9-16)10-19(14-21)25(23)20-11-18(24)13-22(3,4)15-20/h5-11,17,23H,12-15H2,1-4H3. The van der Waals surface area contributed by atoms with Gasteiger partial charge in [0.1, 0.15) is 0 Å². The summed E-state index contributed by atoms with van der Waals surface area (Å²) < 4.78 is 8.90. The van der Waals surface area contributed by atoms with E-state index in [1.807, 2.05) is 0 Å². The molecule has 0 saturated heterocycles. The highest BCUT2D eigenvalue weighted by atomic mass is 32.2. The first-order valence-electron chi connectivity index (χ1n) is 9.10. The highest BCUT2D eigenvalue weighted by Gasteiger charge is 2.34. The van der Waals surface area contributed by atoms with E-state index in [1.165, 1.54) is 10.5 Å². The predicted molar refractivity (Wildman–Crippen MR) is 106 cm³/mol. The van der Waals surface area contributed by atoms with Gasteiger partial charge in [0.25, 0.3) is 0 Å². The zero-order chi connectivity index (χ0) is 18.2. The smallest absolute Gasteiger partial charge is 0.157 e. The first-order chi connectivity index (χ1) is 11.7. The van der Waals surface area contributed by atoms with Gasteiger partial charge in [0.15, 0.2) is 5.78 Å². The molecule has 25 heavy (non-hydrogen) atoms. The van der Waals surface area contributed by atoms with Crippen LogP contribution in [0.3, 0.4) is 0 Å². The Balaban J connectivity index is 1.93. The predicted octanol–water partition coefficient (Wildman–Crippen LogP) is 6.13. The van der Waals surface area contributed by atoms with Gasteiger partial charge < -0.3 is 0 Å². The molecule has 1 aromatic rings. The molecule has 0 saturated carbocycles. The molecule has 0 spiro atoms. The lowest BCUT2D eigenvalue weighted by Crippen LogP contribution is -2.26. The molecule has 134 valence electrons. The summed E-state index contributed by atoms with van der Waals surface area (Å²) in [6.07, 6.45) is 7.62. The molecule has 1 aromatic carbocycles. The number of rotatable bonds is 3. The van der Waals surface area contributed by atoms with E-state index in [-0.39, 0.29) is 16.6 Å². The summed E-state index contributed by atoms with van der Waals surface area (Å²) in [5.74, 6) is 0.555. The lowest BCUT2D eigenvalue weighted by molar-refractivity contribution is -0.116. The van der Waals surface area contributed by atoms with Crippen LogP contribution in [0.25, 0.3) is 0 Å². The molecular weight excluding hydrogens is 326 g/mol. The van der Waals surface area contributed by atoms with E-state index >= 15 is 0 Å². The van der Waals surface area contributed by atoms with Crippen molar-refractivity contribution in [2.45, 2.75) is 59.3 Å². The molecule has 3 heteroatoms. The van der Waals surface area contributed by atoms with E-state index in [1.54, 1.807) is 6.08 Å². The summed E-state index contributed by atoms with van der Waals surface area (Å²) in [5.41, 5.74) is 1.50. The van der Waals surface area contributed by atoms with Crippen LogP contribution in [0.15, 0.2) is 52.3 Å². The Morgan fingerprint density at radius 1 is 0.960 bits per heavy atom. The second-order valence-corrected chi connectivity index (χ2v) is 10.8. The zero-order valence-corrected chi connectivity index (χ0v) is 16.6. The van der Waals surface area contributed by atoms with E-state index in [4.69, 9.17) is 4.78 Å². The van der Waals surface area contributed by atoms with Crippen LogP contribution in [0.5, 0.6) is 0 Å². The van der Waals surface area contributed by atoms with Crippen LogP contribution in [0.4, 0.5) is 0 Å². The van der Waals surface area contributed by atoms with Gasteiger partial charge in [-0.1, -0.05) is 64.1 Å². The fraction of sp³-hybridized carbons (Fsp3) is 0.500. The van der Waals surface area contributed by atoms with Crippen LogP contribution in [0, 0.1) is 15.6 Å². The summed E-state index contributed by atoms with van der Waals surface area (Å²) in [7, 11) is -0.700. The Bertz CT molecular complexity index is 755. The van der Waals surface area contributed by atoms with Crippen LogP contribution in [-0.4, -0.2) is 5.78 Å². The van der Waals surface area contributed by atoms with E-state index in [9.17, 15) is 4.79 Å². The lowest BCUT2D eigenvalue weighted by Gasteiger charge is -2.37. The first-order valence-corrected chi connectivity index (χ1v) is 10.3. The molecule has 0 aromatic heterocycles. The van der Waals surface area contributed by atoms with Crippen molar-refractivity contribution in [3.63, 3.8) is 0 Å². The molecule has 1 N–H and O–H groups in total. The quantitative estimate of drug-likeness (QED) is 0.696. The summed E-state index contributed by atoms with van der Waals surface area (Å²) in [6.45, 7) is 8.89. The zero-order valence-electron chi connectivity index (χ0n) is 15.8. The highest BCUT2D eigenvalue weighted by Crippen LogP contribution is 2.46. The third-order valence-electron chi connectivity index (χ3n) is 5.19. The molecule has 0 radical (unpaired) electrons. The van der Waals surface area contributed by atoms with Crippen molar-refractivity contribution in [1.82, 2.24) is 0 Å². The Kier molecular flexibility index (Phi) is 4.89. The molecule has 0 bridgehead atoms. The summed E-state index contributed by atoms with van der Waals surface area (Å²) in [6, 6.07) is 10.6. The number of hydrogen-bond acceptors (Lipinski definition) is 2. The molecule has 0 fully saturated rings. The van der Waals surface area contributed by atoms with Crippen molar-refractivity contribution < 1.29 is 4.79 Å². The molecule has 2 atom stereocenters. The van der Waals surface area contributed by atoms with Gasteiger partial charge in [0.05, 0.1) is 0 Å². The number of benzene rings is 1. The van der Waals surface area contributed by atoms with Crippen molar-refractivity contribution in [2.24, 2.45) is 10.8 Å². The normalized spacial score (nSPS) is 26.6. The molecule has 3 rings (SSSR count). The summed E-state index contributed by atoms with van der Waals surface area (Å²) >= 11 is 0. The van der Waals surface area contributed by atoms with Crippen molar-refractivity contribution in [3.8, 4) is 0 Å². The maximum absolute atomic E-state index is 12.1. The molecule has 2 aliphatic carbocycles. The number of hydrogen-bond donors (Lipinski definition) is 1. The third-order valence-corrected chi connectivity index (χ3v) is 6.78. The Morgan fingerprint density at radius 3 is 2.24 bits per heavy atom. The van der Waals surface area contributed by atoms with E-state index in [0.29, 0.717) is 12.3 Å². The fourth-order valence-electron chi connectivity index (χ4n) is 4.12. The molecule has 2 nitrogen and oxygen atoms in total. The van der Waals surface area contributed by atoms with Crippen molar-refractivity contribution in [1.29, 1.82) is 4.78 Å². The van der Waals surface area contributed by atoms with Gasteiger partial charge in [0, 0.05) is 17.2 Å². The van der Waals surface area contributed by atoms with Gasteiger partial charge in [0.2, 0.25) is 0 Å². The van der Waals surface area contributed by atoms with Crippen LogP contribution in [0.2, 0.25) is 0 Å². The second-order valence-electron chi connectivity index (χ2n) is 9.10. The average molecular weight is 356 g/mol. The van der Waals surface area contributed by atoms with Crippen LogP contribution >= 0.6 is 0 Å². The molecular formula is C22H29NOS. The third kappa shape index (κ3) is 4.38. The molecule has 2 aliphatic rings. The number of allylic oxidation sites excluding steroid dienone is 4. The molecule has 0 heterocycles. The highest BCUT2D eigenvalue weighted by molar-refractivity contribution is 7.93. The largest absolute Gasteiger partial charge is 0.295 e. The van der Waals surface area contributed by atoms with Crippen molar-refractivity contribution in [3.05, 3.63) is 57.9 Å². The Morgan fingerprint density at radius 2 is 1.60 bits per heavy atom. The summed E-state index contributed by atoms with van der Waals surface area (Å²) in [4.78, 5) is 14.3. The average Bonchev–Trinajstić information content (AvgIpc) is 2.51. The van der Waals surface area contributed by atoms with Gasteiger partial charge in [-0.2, -0.15) is 0 Å². The van der Waals surface area contributed by atoms with Gasteiger partial charge in [-0.3, -0.25) is 9.57 Å². The Hall–Kier alpha value is -1.48. The minimum Gasteiger partial charge on any atom is -0.295 e. The van der Waals surface area contributed by atoms with E-state index in [2.05, 4.69) is 64.1 Å². The SMILES string of the molecule is CC1(C)CC(=O)C=C(S(=N)C2=CC(c3ccccc3)CC(C)(C)C2)C1. The fourth-order valence-corrected chi connectivity index (χ4v) is 6.08. The van der Waals surface area contributed by atoms with Gasteiger partial charge in [-0.05, 0) is 57.3 Å².